The predicted molar refractivity (Wildman–Crippen MR) is 66.2 cm³/mol. The van der Waals surface area contributed by atoms with Crippen molar-refractivity contribution in [3.63, 3.8) is 0 Å². The van der Waals surface area contributed by atoms with Crippen molar-refractivity contribution in [2.45, 2.75) is 19.3 Å². The Labute approximate surface area is 102 Å². The average Bonchev–Trinajstić information content (AvgIpc) is 3.12. The lowest BCUT2D eigenvalue weighted by Crippen LogP contribution is -2.22. The minimum absolute atomic E-state index is 0.183. The third kappa shape index (κ3) is 4.44. The lowest BCUT2D eigenvalue weighted by molar-refractivity contribution is 0.0934. The standard InChI is InChI=1S/C14H20FNO/c15-14-3-1-2-12(7-14)6-13(8-16)10-17-9-11-4-5-11/h1-3,7,11,13H,4-6,8-10,16H2. The van der Waals surface area contributed by atoms with E-state index in [9.17, 15) is 4.39 Å². The molecule has 1 aromatic carbocycles. The van der Waals surface area contributed by atoms with E-state index in [0.29, 0.717) is 13.2 Å². The van der Waals surface area contributed by atoms with Gasteiger partial charge in [0.1, 0.15) is 5.82 Å². The van der Waals surface area contributed by atoms with E-state index in [1.807, 2.05) is 6.07 Å². The quantitative estimate of drug-likeness (QED) is 0.790. The number of benzene rings is 1. The SMILES string of the molecule is NCC(COCC1CC1)Cc1cccc(F)c1. The maximum Gasteiger partial charge on any atom is 0.123 e. The van der Waals surface area contributed by atoms with Crippen LogP contribution in [0.5, 0.6) is 0 Å². The van der Waals surface area contributed by atoms with Crippen molar-refractivity contribution in [1.82, 2.24) is 0 Å². The maximum atomic E-state index is 13.0. The van der Waals surface area contributed by atoms with E-state index in [1.54, 1.807) is 12.1 Å². The van der Waals surface area contributed by atoms with Gasteiger partial charge in [0, 0.05) is 6.61 Å². The highest BCUT2D eigenvalue weighted by Gasteiger charge is 2.21. The summed E-state index contributed by atoms with van der Waals surface area (Å²) in [6.45, 7) is 2.13. The van der Waals surface area contributed by atoms with Crippen molar-refractivity contribution < 1.29 is 9.13 Å². The first-order valence-electron chi connectivity index (χ1n) is 6.30. The molecule has 0 heterocycles. The summed E-state index contributed by atoms with van der Waals surface area (Å²) in [6.07, 6.45) is 3.40. The highest BCUT2D eigenvalue weighted by molar-refractivity contribution is 5.16. The molecule has 94 valence electrons. The second-order valence-electron chi connectivity index (χ2n) is 4.92. The molecule has 0 spiro atoms. The summed E-state index contributed by atoms with van der Waals surface area (Å²) in [4.78, 5) is 0. The first-order chi connectivity index (χ1) is 8.28. The summed E-state index contributed by atoms with van der Waals surface area (Å²) in [5.41, 5.74) is 6.71. The third-order valence-electron chi connectivity index (χ3n) is 3.15. The molecule has 1 unspecified atom stereocenters. The van der Waals surface area contributed by atoms with E-state index in [4.69, 9.17) is 10.5 Å². The molecule has 0 amide bonds. The van der Waals surface area contributed by atoms with Gasteiger partial charge < -0.3 is 10.5 Å². The Morgan fingerprint density at radius 1 is 1.41 bits per heavy atom. The normalized spacial score (nSPS) is 17.1. The fourth-order valence-corrected chi connectivity index (χ4v) is 1.89. The molecule has 2 nitrogen and oxygen atoms in total. The van der Waals surface area contributed by atoms with Crippen LogP contribution in [0.15, 0.2) is 24.3 Å². The topological polar surface area (TPSA) is 35.2 Å². The van der Waals surface area contributed by atoms with E-state index in [0.717, 1.165) is 24.5 Å². The summed E-state index contributed by atoms with van der Waals surface area (Å²) < 4.78 is 18.7. The Balaban J connectivity index is 1.76. The van der Waals surface area contributed by atoms with Crippen molar-refractivity contribution in [3.8, 4) is 0 Å². The highest BCUT2D eigenvalue weighted by Crippen LogP contribution is 2.28. The lowest BCUT2D eigenvalue weighted by atomic mass is 10.0. The molecule has 1 atom stereocenters. The zero-order valence-electron chi connectivity index (χ0n) is 10.1. The van der Waals surface area contributed by atoms with E-state index < -0.39 is 0 Å². The average molecular weight is 237 g/mol. The van der Waals surface area contributed by atoms with Crippen LogP contribution in [0.2, 0.25) is 0 Å². The van der Waals surface area contributed by atoms with Crippen LogP contribution in [0.25, 0.3) is 0 Å². The van der Waals surface area contributed by atoms with Gasteiger partial charge in [-0.05, 0) is 55.3 Å². The van der Waals surface area contributed by atoms with Gasteiger partial charge in [-0.1, -0.05) is 12.1 Å². The molecule has 1 aromatic rings. The molecule has 0 aliphatic heterocycles. The molecule has 3 heteroatoms. The fourth-order valence-electron chi connectivity index (χ4n) is 1.89. The van der Waals surface area contributed by atoms with Crippen LogP contribution in [-0.4, -0.2) is 19.8 Å². The Kier molecular flexibility index (Phi) is 4.51. The van der Waals surface area contributed by atoms with Gasteiger partial charge in [-0.15, -0.1) is 0 Å². The molecule has 1 fully saturated rings. The minimum atomic E-state index is -0.183. The van der Waals surface area contributed by atoms with Crippen molar-refractivity contribution in [2.24, 2.45) is 17.6 Å². The molecule has 0 saturated heterocycles. The molecule has 1 aliphatic rings. The summed E-state index contributed by atoms with van der Waals surface area (Å²) in [7, 11) is 0. The molecule has 17 heavy (non-hydrogen) atoms. The minimum Gasteiger partial charge on any atom is -0.381 e. The monoisotopic (exact) mass is 237 g/mol. The Morgan fingerprint density at radius 2 is 2.24 bits per heavy atom. The molecular formula is C14H20FNO. The van der Waals surface area contributed by atoms with Gasteiger partial charge in [0.05, 0.1) is 6.61 Å². The first kappa shape index (κ1) is 12.5. The van der Waals surface area contributed by atoms with Crippen molar-refractivity contribution in [3.05, 3.63) is 35.6 Å². The number of hydrogen-bond donors (Lipinski definition) is 1. The molecule has 1 saturated carbocycles. The first-order valence-corrected chi connectivity index (χ1v) is 6.30. The number of rotatable bonds is 7. The molecule has 2 N–H and O–H groups in total. The van der Waals surface area contributed by atoms with Gasteiger partial charge in [0.25, 0.3) is 0 Å². The number of hydrogen-bond acceptors (Lipinski definition) is 2. The van der Waals surface area contributed by atoms with Crippen LogP contribution in [0.1, 0.15) is 18.4 Å². The molecule has 0 aromatic heterocycles. The van der Waals surface area contributed by atoms with Crippen LogP contribution in [0.3, 0.4) is 0 Å². The zero-order chi connectivity index (χ0) is 12.1. The van der Waals surface area contributed by atoms with Gasteiger partial charge in [0.2, 0.25) is 0 Å². The zero-order valence-corrected chi connectivity index (χ0v) is 10.1. The molecule has 0 bridgehead atoms. The van der Waals surface area contributed by atoms with Crippen molar-refractivity contribution in [2.75, 3.05) is 19.8 Å². The van der Waals surface area contributed by atoms with Gasteiger partial charge in [-0.25, -0.2) is 4.39 Å². The van der Waals surface area contributed by atoms with E-state index >= 15 is 0 Å². The van der Waals surface area contributed by atoms with Gasteiger partial charge >= 0.3 is 0 Å². The van der Waals surface area contributed by atoms with Crippen LogP contribution in [0.4, 0.5) is 4.39 Å². The van der Waals surface area contributed by atoms with E-state index in [-0.39, 0.29) is 11.7 Å². The van der Waals surface area contributed by atoms with Crippen LogP contribution in [-0.2, 0) is 11.2 Å². The second kappa shape index (κ2) is 6.12. The Morgan fingerprint density at radius 3 is 2.88 bits per heavy atom. The van der Waals surface area contributed by atoms with Gasteiger partial charge in [-0.2, -0.15) is 0 Å². The fraction of sp³-hybridized carbons (Fsp3) is 0.571. The van der Waals surface area contributed by atoms with E-state index in [2.05, 4.69) is 0 Å². The smallest absolute Gasteiger partial charge is 0.123 e. The van der Waals surface area contributed by atoms with Crippen LogP contribution in [0, 0.1) is 17.7 Å². The summed E-state index contributed by atoms with van der Waals surface area (Å²) in [5.74, 6) is 0.885. The van der Waals surface area contributed by atoms with E-state index in [1.165, 1.54) is 18.9 Å². The third-order valence-corrected chi connectivity index (χ3v) is 3.15. The maximum absolute atomic E-state index is 13.0. The molecule has 1 aliphatic carbocycles. The summed E-state index contributed by atoms with van der Waals surface area (Å²) in [5, 5.41) is 0. The number of halogens is 1. The van der Waals surface area contributed by atoms with Gasteiger partial charge in [-0.3, -0.25) is 0 Å². The largest absolute Gasteiger partial charge is 0.381 e. The predicted octanol–water partition coefficient (Wildman–Crippen LogP) is 2.37. The van der Waals surface area contributed by atoms with Crippen molar-refractivity contribution >= 4 is 0 Å². The number of ether oxygens (including phenoxy) is 1. The van der Waals surface area contributed by atoms with Crippen LogP contribution < -0.4 is 5.73 Å². The molecule has 0 radical (unpaired) electrons. The Hall–Kier alpha value is -0.930. The second-order valence-corrected chi connectivity index (χ2v) is 4.92. The summed E-state index contributed by atoms with van der Waals surface area (Å²) >= 11 is 0. The lowest BCUT2D eigenvalue weighted by Gasteiger charge is -2.15. The van der Waals surface area contributed by atoms with Crippen molar-refractivity contribution in [1.29, 1.82) is 0 Å². The summed E-state index contributed by atoms with van der Waals surface area (Å²) in [6, 6.07) is 6.71. The Bertz CT molecular complexity index is 352. The van der Waals surface area contributed by atoms with Gasteiger partial charge in [0.15, 0.2) is 0 Å². The highest BCUT2D eigenvalue weighted by atomic mass is 19.1. The number of nitrogens with two attached hydrogens (primary N) is 1. The van der Waals surface area contributed by atoms with Crippen LogP contribution >= 0.6 is 0 Å². The molecular weight excluding hydrogens is 217 g/mol. The molecule has 2 rings (SSSR count).